The van der Waals surface area contributed by atoms with Crippen LogP contribution < -0.4 is 10.2 Å². The first-order chi connectivity index (χ1) is 15.7. The Bertz CT molecular complexity index is 1130. The van der Waals surface area contributed by atoms with E-state index in [2.05, 4.69) is 50.6 Å². The van der Waals surface area contributed by atoms with Gasteiger partial charge in [0, 0.05) is 49.0 Å². The number of nitrogens with one attached hydrogen (secondary N) is 1. The van der Waals surface area contributed by atoms with E-state index >= 15 is 0 Å². The molecule has 0 spiro atoms. The van der Waals surface area contributed by atoms with E-state index in [1.807, 2.05) is 29.9 Å². The fraction of sp³-hybridized carbons (Fsp3) is 0.400. The number of hydrogen-bond donors (Lipinski definition) is 1. The summed E-state index contributed by atoms with van der Waals surface area (Å²) in [4.78, 5) is 14.5. The molecule has 0 bridgehead atoms. The first kappa shape index (κ1) is 20.8. The van der Waals surface area contributed by atoms with E-state index in [0.717, 1.165) is 84.7 Å². The lowest BCUT2D eigenvalue weighted by atomic mass is 10.00. The van der Waals surface area contributed by atoms with Gasteiger partial charge >= 0.3 is 0 Å². The Morgan fingerprint density at radius 2 is 1.81 bits per heavy atom. The average molecular weight is 430 g/mol. The van der Waals surface area contributed by atoms with E-state index in [1.165, 1.54) is 12.8 Å². The van der Waals surface area contributed by atoms with Crippen LogP contribution in [0, 0.1) is 6.92 Å². The van der Waals surface area contributed by atoms with E-state index in [1.54, 1.807) is 6.08 Å². The molecule has 1 N–H and O–H groups in total. The Hall–Kier alpha value is -3.03. The number of piperazine rings is 1. The second kappa shape index (κ2) is 8.84. The molecule has 2 aliphatic heterocycles. The van der Waals surface area contributed by atoms with Crippen LogP contribution in [0.25, 0.3) is 28.9 Å². The molecule has 7 heteroatoms. The molecule has 7 nitrogen and oxygen atoms in total. The van der Waals surface area contributed by atoms with Crippen molar-refractivity contribution in [2.75, 3.05) is 44.2 Å². The summed E-state index contributed by atoms with van der Waals surface area (Å²) in [6, 6.07) is 2.80. The van der Waals surface area contributed by atoms with Gasteiger partial charge in [0.05, 0.1) is 30.0 Å². The van der Waals surface area contributed by atoms with E-state index in [0.29, 0.717) is 0 Å². The van der Waals surface area contributed by atoms with Crippen LogP contribution in [0.3, 0.4) is 0 Å². The van der Waals surface area contributed by atoms with Gasteiger partial charge < -0.3 is 10.2 Å². The molecule has 5 heterocycles. The molecule has 3 aromatic heterocycles. The topological polar surface area (TPSA) is 61.6 Å². The molecule has 2 fully saturated rings. The largest absolute Gasteiger partial charge is 0.366 e. The van der Waals surface area contributed by atoms with E-state index < -0.39 is 0 Å². The number of aromatic nitrogens is 4. The molecule has 0 unspecified atom stereocenters. The van der Waals surface area contributed by atoms with Crippen molar-refractivity contribution >= 4 is 23.5 Å². The molecule has 3 aromatic rings. The molecule has 0 atom stereocenters. The summed E-state index contributed by atoms with van der Waals surface area (Å²) in [5, 5.41) is 8.10. The van der Waals surface area contributed by atoms with Crippen molar-refractivity contribution < 1.29 is 0 Å². The number of hydrogen-bond acceptors (Lipinski definition) is 6. The van der Waals surface area contributed by atoms with Crippen molar-refractivity contribution in [3.63, 3.8) is 0 Å². The van der Waals surface area contributed by atoms with Gasteiger partial charge in [-0.1, -0.05) is 19.2 Å². The summed E-state index contributed by atoms with van der Waals surface area (Å²) in [5.74, 6) is 0. The maximum atomic E-state index is 4.82. The highest BCUT2D eigenvalue weighted by Gasteiger charge is 2.25. The molecule has 32 heavy (non-hydrogen) atoms. The van der Waals surface area contributed by atoms with Crippen LogP contribution in [0.1, 0.15) is 29.8 Å². The monoisotopic (exact) mass is 429 g/mol. The summed E-state index contributed by atoms with van der Waals surface area (Å²) in [6.45, 7) is 16.4. The van der Waals surface area contributed by atoms with Gasteiger partial charge in [-0.2, -0.15) is 5.10 Å². The molecule has 0 amide bonds. The number of rotatable bonds is 5. The third-order valence-electron chi connectivity index (χ3n) is 6.75. The van der Waals surface area contributed by atoms with Crippen molar-refractivity contribution in [1.82, 2.24) is 29.8 Å². The maximum Gasteiger partial charge on any atom is 0.162 e. The summed E-state index contributed by atoms with van der Waals surface area (Å²) >= 11 is 0. The van der Waals surface area contributed by atoms with Crippen molar-refractivity contribution in [2.24, 2.45) is 0 Å². The van der Waals surface area contributed by atoms with Gasteiger partial charge in [0.1, 0.15) is 0 Å². The number of fused-ring (bicyclic) bond motifs is 1. The van der Waals surface area contributed by atoms with Gasteiger partial charge in [-0.25, -0.2) is 9.50 Å². The Kier molecular flexibility index (Phi) is 5.76. The van der Waals surface area contributed by atoms with Crippen molar-refractivity contribution in [3.05, 3.63) is 54.8 Å². The van der Waals surface area contributed by atoms with Crippen molar-refractivity contribution in [2.45, 2.75) is 25.8 Å². The molecule has 5 rings (SSSR count). The van der Waals surface area contributed by atoms with Crippen molar-refractivity contribution in [1.29, 1.82) is 0 Å². The van der Waals surface area contributed by atoms with Crippen LogP contribution in [0.2, 0.25) is 0 Å². The van der Waals surface area contributed by atoms with E-state index in [-0.39, 0.29) is 0 Å². The molecule has 166 valence electrons. The van der Waals surface area contributed by atoms with E-state index in [9.17, 15) is 0 Å². The number of anilines is 1. The maximum absolute atomic E-state index is 4.82. The van der Waals surface area contributed by atoms with Gasteiger partial charge in [0.2, 0.25) is 0 Å². The second-order valence-corrected chi connectivity index (χ2v) is 8.66. The minimum absolute atomic E-state index is 0.732. The molecule has 0 saturated carbocycles. The summed E-state index contributed by atoms with van der Waals surface area (Å²) in [7, 11) is 0. The zero-order chi connectivity index (χ0) is 22.1. The fourth-order valence-electron chi connectivity index (χ4n) is 5.04. The van der Waals surface area contributed by atoms with Gasteiger partial charge in [0.15, 0.2) is 5.65 Å². The Morgan fingerprint density at radius 3 is 2.53 bits per heavy atom. The zero-order valence-electron chi connectivity index (χ0n) is 18.8. The summed E-state index contributed by atoms with van der Waals surface area (Å²) in [6.07, 6.45) is 12.1. The molecule has 0 aliphatic carbocycles. The SMILES string of the molecule is C=Cc1nc(C)cc(-c2cnn3cc(N4CCN(C5CCNCC5)CC4)cnc23)c1C=C. The Morgan fingerprint density at radius 1 is 1.03 bits per heavy atom. The third-order valence-corrected chi connectivity index (χ3v) is 6.75. The minimum atomic E-state index is 0.732. The zero-order valence-corrected chi connectivity index (χ0v) is 18.8. The molecule has 2 aliphatic rings. The molecule has 2 saturated heterocycles. The van der Waals surface area contributed by atoms with Crippen LogP contribution >= 0.6 is 0 Å². The highest BCUT2D eigenvalue weighted by atomic mass is 15.3. The van der Waals surface area contributed by atoms with Gasteiger partial charge in [-0.05, 0) is 50.6 Å². The van der Waals surface area contributed by atoms with Gasteiger partial charge in [-0.15, -0.1) is 0 Å². The molecule has 0 aromatic carbocycles. The fourth-order valence-corrected chi connectivity index (χ4v) is 5.04. The first-order valence-electron chi connectivity index (χ1n) is 11.5. The average Bonchev–Trinajstić information content (AvgIpc) is 3.27. The molecule has 0 radical (unpaired) electrons. The normalized spacial score (nSPS) is 18.2. The summed E-state index contributed by atoms with van der Waals surface area (Å²) < 4.78 is 1.89. The quantitative estimate of drug-likeness (QED) is 0.672. The predicted octanol–water partition coefficient (Wildman–Crippen LogP) is 3.26. The smallest absolute Gasteiger partial charge is 0.162 e. The number of pyridine rings is 1. The standard InChI is InChI=1S/C25H31N7/c1-4-21-22(14-18(3)29-24(21)5-2)23-16-28-32-17-20(15-27-25(23)32)31-12-10-30(11-13-31)19-6-8-26-9-7-19/h4-5,14-17,19,26H,1-2,6-13H2,3H3. The number of nitrogens with zero attached hydrogens (tertiary/aromatic N) is 6. The highest BCUT2D eigenvalue weighted by molar-refractivity contribution is 5.86. The van der Waals surface area contributed by atoms with Crippen LogP contribution in [-0.4, -0.2) is 69.8 Å². The molecular formula is C25H31N7. The lowest BCUT2D eigenvalue weighted by molar-refractivity contribution is 0.153. The third kappa shape index (κ3) is 3.82. The molecular weight excluding hydrogens is 398 g/mol. The summed E-state index contributed by atoms with van der Waals surface area (Å²) in [5.41, 5.74) is 6.70. The van der Waals surface area contributed by atoms with Gasteiger partial charge in [0.25, 0.3) is 0 Å². The second-order valence-electron chi connectivity index (χ2n) is 8.66. The first-order valence-corrected chi connectivity index (χ1v) is 11.5. The highest BCUT2D eigenvalue weighted by Crippen LogP contribution is 2.31. The van der Waals surface area contributed by atoms with Crippen LogP contribution in [-0.2, 0) is 0 Å². The lowest BCUT2D eigenvalue weighted by Crippen LogP contribution is -2.52. The van der Waals surface area contributed by atoms with Crippen molar-refractivity contribution in [3.8, 4) is 11.1 Å². The minimum Gasteiger partial charge on any atom is -0.366 e. The lowest BCUT2D eigenvalue weighted by Gasteiger charge is -2.41. The number of piperidine rings is 1. The van der Waals surface area contributed by atoms with Gasteiger partial charge in [-0.3, -0.25) is 9.88 Å². The van der Waals surface area contributed by atoms with Crippen LogP contribution in [0.15, 0.2) is 37.8 Å². The van der Waals surface area contributed by atoms with Crippen LogP contribution in [0.4, 0.5) is 5.69 Å². The predicted molar refractivity (Wildman–Crippen MR) is 131 cm³/mol. The van der Waals surface area contributed by atoms with Crippen LogP contribution in [0.5, 0.6) is 0 Å². The Balaban J connectivity index is 1.39. The number of aryl methyl sites for hydroxylation is 1. The Labute approximate surface area is 189 Å². The van der Waals surface area contributed by atoms with E-state index in [4.69, 9.17) is 4.98 Å².